The summed E-state index contributed by atoms with van der Waals surface area (Å²) in [6, 6.07) is 5.14. The fourth-order valence-electron chi connectivity index (χ4n) is 1.32. The van der Waals surface area contributed by atoms with Gasteiger partial charge in [-0.3, -0.25) is 9.59 Å². The molecular formula is C13H17ClN2O2. The molecule has 0 aliphatic rings. The minimum Gasteiger partial charge on any atom is -0.343 e. The summed E-state index contributed by atoms with van der Waals surface area (Å²) in [4.78, 5) is 23.3. The van der Waals surface area contributed by atoms with Gasteiger partial charge in [0.15, 0.2) is 0 Å². The van der Waals surface area contributed by atoms with Gasteiger partial charge in [0.1, 0.15) is 0 Å². The second kappa shape index (κ2) is 5.40. The van der Waals surface area contributed by atoms with Crippen LogP contribution in [-0.2, 0) is 9.59 Å². The van der Waals surface area contributed by atoms with Crippen LogP contribution in [0.5, 0.6) is 0 Å². The van der Waals surface area contributed by atoms with Gasteiger partial charge in [0, 0.05) is 16.2 Å². The number of anilines is 1. The molecule has 0 spiro atoms. The Bertz CT molecular complexity index is 478. The number of amides is 2. The fourth-order valence-corrected chi connectivity index (χ4v) is 1.49. The predicted molar refractivity (Wildman–Crippen MR) is 72.7 cm³/mol. The second-order valence-electron chi connectivity index (χ2n) is 5.07. The summed E-state index contributed by atoms with van der Waals surface area (Å²) in [5.41, 5.74) is 0.824. The van der Waals surface area contributed by atoms with Gasteiger partial charge in [-0.15, -0.1) is 0 Å². The van der Waals surface area contributed by atoms with Gasteiger partial charge in [0.05, 0.1) is 0 Å². The van der Waals surface area contributed by atoms with E-state index in [-0.39, 0.29) is 0 Å². The highest BCUT2D eigenvalue weighted by Crippen LogP contribution is 2.22. The van der Waals surface area contributed by atoms with E-state index in [1.807, 2.05) is 20.8 Å². The summed E-state index contributed by atoms with van der Waals surface area (Å²) < 4.78 is 0. The molecule has 0 radical (unpaired) electrons. The first-order chi connectivity index (χ1) is 8.20. The van der Waals surface area contributed by atoms with Gasteiger partial charge in [0.25, 0.3) is 0 Å². The Labute approximate surface area is 112 Å². The van der Waals surface area contributed by atoms with E-state index in [1.165, 1.54) is 0 Å². The van der Waals surface area contributed by atoms with Crippen molar-refractivity contribution in [2.45, 2.75) is 33.2 Å². The van der Waals surface area contributed by atoms with Crippen LogP contribution in [0.1, 0.15) is 26.3 Å². The lowest BCUT2D eigenvalue weighted by Gasteiger charge is -2.20. The van der Waals surface area contributed by atoms with E-state index in [0.29, 0.717) is 10.7 Å². The molecular weight excluding hydrogens is 252 g/mol. The van der Waals surface area contributed by atoms with Gasteiger partial charge in [-0.2, -0.15) is 0 Å². The van der Waals surface area contributed by atoms with Crippen LogP contribution in [0.2, 0.25) is 5.02 Å². The standard InChI is InChI=1S/C13H17ClN2O2/c1-8-9(14)6-5-7-10(8)15-11(17)12(18)16-13(2,3)4/h5-7H,1-4H3,(H,15,17)(H,16,18). The Hall–Kier alpha value is -1.55. The number of hydrogen-bond donors (Lipinski definition) is 2. The molecule has 0 fully saturated rings. The molecule has 0 aliphatic heterocycles. The zero-order valence-corrected chi connectivity index (χ0v) is 11.7. The second-order valence-corrected chi connectivity index (χ2v) is 5.48. The Morgan fingerprint density at radius 1 is 1.17 bits per heavy atom. The smallest absolute Gasteiger partial charge is 0.313 e. The number of benzene rings is 1. The van der Waals surface area contributed by atoms with Crippen LogP contribution >= 0.6 is 11.6 Å². The topological polar surface area (TPSA) is 58.2 Å². The van der Waals surface area contributed by atoms with Gasteiger partial charge in [-0.25, -0.2) is 0 Å². The summed E-state index contributed by atoms with van der Waals surface area (Å²) in [6.07, 6.45) is 0. The molecule has 1 aromatic carbocycles. The van der Waals surface area contributed by atoms with E-state index >= 15 is 0 Å². The monoisotopic (exact) mass is 268 g/mol. The molecule has 0 unspecified atom stereocenters. The van der Waals surface area contributed by atoms with Crippen LogP contribution in [0.25, 0.3) is 0 Å². The van der Waals surface area contributed by atoms with Gasteiger partial charge in [-0.05, 0) is 45.4 Å². The highest BCUT2D eigenvalue weighted by molar-refractivity contribution is 6.40. The van der Waals surface area contributed by atoms with Crippen molar-refractivity contribution in [3.05, 3.63) is 28.8 Å². The van der Waals surface area contributed by atoms with Crippen molar-refractivity contribution in [1.29, 1.82) is 0 Å². The molecule has 0 saturated carbocycles. The zero-order valence-electron chi connectivity index (χ0n) is 10.9. The van der Waals surface area contributed by atoms with Crippen LogP contribution in [0.15, 0.2) is 18.2 Å². The molecule has 98 valence electrons. The van der Waals surface area contributed by atoms with Crippen molar-refractivity contribution >= 4 is 29.1 Å². The molecule has 5 heteroatoms. The first kappa shape index (κ1) is 14.5. The molecule has 1 rings (SSSR count). The number of rotatable bonds is 1. The van der Waals surface area contributed by atoms with Gasteiger partial charge < -0.3 is 10.6 Å². The summed E-state index contributed by atoms with van der Waals surface area (Å²) in [6.45, 7) is 7.20. The fraction of sp³-hybridized carbons (Fsp3) is 0.385. The molecule has 2 amide bonds. The molecule has 1 aromatic rings. The Morgan fingerprint density at radius 2 is 1.78 bits per heavy atom. The summed E-state index contributed by atoms with van der Waals surface area (Å²) in [5, 5.41) is 5.67. The number of halogens is 1. The van der Waals surface area contributed by atoms with Crippen molar-refractivity contribution in [1.82, 2.24) is 5.32 Å². The minimum absolute atomic E-state index is 0.447. The van der Waals surface area contributed by atoms with E-state index in [1.54, 1.807) is 25.1 Å². The largest absolute Gasteiger partial charge is 0.343 e. The van der Waals surface area contributed by atoms with Crippen LogP contribution in [0, 0.1) is 6.92 Å². The van der Waals surface area contributed by atoms with Crippen molar-refractivity contribution in [2.75, 3.05) is 5.32 Å². The van der Waals surface area contributed by atoms with Crippen LogP contribution < -0.4 is 10.6 Å². The van der Waals surface area contributed by atoms with Crippen molar-refractivity contribution < 1.29 is 9.59 Å². The molecule has 4 nitrogen and oxygen atoms in total. The van der Waals surface area contributed by atoms with E-state index in [4.69, 9.17) is 11.6 Å². The van der Waals surface area contributed by atoms with Crippen LogP contribution in [0.3, 0.4) is 0 Å². The van der Waals surface area contributed by atoms with E-state index in [0.717, 1.165) is 5.56 Å². The highest BCUT2D eigenvalue weighted by atomic mass is 35.5. The maximum absolute atomic E-state index is 11.7. The predicted octanol–water partition coefficient (Wildman–Crippen LogP) is 2.50. The molecule has 0 saturated heterocycles. The van der Waals surface area contributed by atoms with Gasteiger partial charge >= 0.3 is 11.8 Å². The third-order valence-corrected chi connectivity index (χ3v) is 2.62. The summed E-state index contributed by atoms with van der Waals surface area (Å²) in [5.74, 6) is -1.36. The van der Waals surface area contributed by atoms with Crippen LogP contribution in [-0.4, -0.2) is 17.4 Å². The van der Waals surface area contributed by atoms with E-state index < -0.39 is 17.4 Å². The third-order valence-electron chi connectivity index (χ3n) is 2.21. The highest BCUT2D eigenvalue weighted by Gasteiger charge is 2.20. The Balaban J connectivity index is 2.76. The first-order valence-corrected chi connectivity index (χ1v) is 5.97. The Kier molecular flexibility index (Phi) is 4.35. The molecule has 0 aromatic heterocycles. The minimum atomic E-state index is -0.699. The summed E-state index contributed by atoms with van der Waals surface area (Å²) >= 11 is 5.93. The maximum atomic E-state index is 11.7. The molecule has 0 atom stereocenters. The quantitative estimate of drug-likeness (QED) is 0.769. The molecule has 0 heterocycles. The number of nitrogens with one attached hydrogen (secondary N) is 2. The average molecular weight is 269 g/mol. The first-order valence-electron chi connectivity index (χ1n) is 5.59. The maximum Gasteiger partial charge on any atom is 0.313 e. The Morgan fingerprint density at radius 3 is 2.33 bits per heavy atom. The number of hydrogen-bond acceptors (Lipinski definition) is 2. The number of carbonyl (C=O) groups excluding carboxylic acids is 2. The molecule has 18 heavy (non-hydrogen) atoms. The third kappa shape index (κ3) is 4.04. The van der Waals surface area contributed by atoms with Gasteiger partial charge in [0.2, 0.25) is 0 Å². The lowest BCUT2D eigenvalue weighted by molar-refractivity contribution is -0.137. The van der Waals surface area contributed by atoms with Crippen molar-refractivity contribution in [2.24, 2.45) is 0 Å². The SMILES string of the molecule is Cc1c(Cl)cccc1NC(=O)C(=O)NC(C)(C)C. The van der Waals surface area contributed by atoms with E-state index in [9.17, 15) is 9.59 Å². The van der Waals surface area contributed by atoms with Crippen molar-refractivity contribution in [3.63, 3.8) is 0 Å². The summed E-state index contributed by atoms with van der Waals surface area (Å²) in [7, 11) is 0. The lowest BCUT2D eigenvalue weighted by Crippen LogP contribution is -2.46. The molecule has 0 bridgehead atoms. The zero-order chi connectivity index (χ0) is 13.9. The molecule has 0 aliphatic carbocycles. The molecule has 2 N–H and O–H groups in total. The number of carbonyl (C=O) groups is 2. The van der Waals surface area contributed by atoms with Crippen LogP contribution in [0.4, 0.5) is 5.69 Å². The van der Waals surface area contributed by atoms with Gasteiger partial charge in [-0.1, -0.05) is 17.7 Å². The normalized spacial score (nSPS) is 10.9. The van der Waals surface area contributed by atoms with Crippen molar-refractivity contribution in [3.8, 4) is 0 Å². The lowest BCUT2D eigenvalue weighted by atomic mass is 10.1. The average Bonchev–Trinajstić information content (AvgIpc) is 2.22. The van der Waals surface area contributed by atoms with E-state index in [2.05, 4.69) is 10.6 Å².